The summed E-state index contributed by atoms with van der Waals surface area (Å²) in [6.07, 6.45) is 0.715. The maximum atomic E-state index is 11.6. The zero-order valence-electron chi connectivity index (χ0n) is 8.56. The Bertz CT molecular complexity index is 327. The summed E-state index contributed by atoms with van der Waals surface area (Å²) in [6, 6.07) is 1.60. The van der Waals surface area contributed by atoms with Crippen molar-refractivity contribution in [3.05, 3.63) is 0 Å². The van der Waals surface area contributed by atoms with E-state index in [0.717, 1.165) is 0 Å². The first-order valence-corrected chi connectivity index (χ1v) is 5.17. The Labute approximate surface area is 88.0 Å². The van der Waals surface area contributed by atoms with Crippen molar-refractivity contribution in [2.24, 2.45) is 11.8 Å². The molecule has 0 aromatic rings. The van der Waals surface area contributed by atoms with Crippen LogP contribution in [0.4, 0.5) is 0 Å². The van der Waals surface area contributed by atoms with Gasteiger partial charge in [0.1, 0.15) is 6.04 Å². The molecule has 5 heteroatoms. The van der Waals surface area contributed by atoms with Gasteiger partial charge < -0.3 is 5.32 Å². The van der Waals surface area contributed by atoms with Gasteiger partial charge in [-0.1, -0.05) is 6.92 Å². The molecule has 0 bridgehead atoms. The highest BCUT2D eigenvalue weighted by Gasteiger charge is 2.58. The summed E-state index contributed by atoms with van der Waals surface area (Å²) >= 11 is 0. The number of hydrogen-bond donors (Lipinski definition) is 1. The predicted octanol–water partition coefficient (Wildman–Crippen LogP) is -0.507. The number of fused-ring (bicyclic) bond motifs is 1. The molecule has 0 aromatic carbocycles. The Morgan fingerprint density at radius 3 is 2.60 bits per heavy atom. The van der Waals surface area contributed by atoms with Crippen molar-refractivity contribution in [3.8, 4) is 6.07 Å². The lowest BCUT2D eigenvalue weighted by atomic mass is 10.3. The molecule has 1 heterocycles. The summed E-state index contributed by atoms with van der Waals surface area (Å²) in [4.78, 5) is 24.4. The minimum Gasteiger partial charge on any atom is -0.301 e. The van der Waals surface area contributed by atoms with Gasteiger partial charge in [0, 0.05) is 0 Å². The first kappa shape index (κ1) is 10.1. The lowest BCUT2D eigenvalue weighted by Crippen LogP contribution is -2.44. The van der Waals surface area contributed by atoms with E-state index < -0.39 is 6.04 Å². The number of rotatable bonds is 4. The van der Waals surface area contributed by atoms with Crippen LogP contribution in [-0.4, -0.2) is 35.8 Å². The molecule has 1 N–H and O–H groups in total. The van der Waals surface area contributed by atoms with E-state index in [4.69, 9.17) is 5.26 Å². The number of nitriles is 1. The van der Waals surface area contributed by atoms with Crippen molar-refractivity contribution in [2.45, 2.75) is 19.4 Å². The molecule has 1 saturated carbocycles. The van der Waals surface area contributed by atoms with Crippen molar-refractivity contribution >= 4 is 11.8 Å². The standard InChI is InChI=1S/C10H13N3O2/c1-2-12-6(4-11)5-13-9(14)7-3-8(7)10(13)15/h6-8,12H,2-3,5H2,1H3. The third-order valence-electron chi connectivity index (χ3n) is 2.93. The maximum absolute atomic E-state index is 11.6. The van der Waals surface area contributed by atoms with Gasteiger partial charge in [-0.3, -0.25) is 14.5 Å². The van der Waals surface area contributed by atoms with Gasteiger partial charge in [0.15, 0.2) is 0 Å². The van der Waals surface area contributed by atoms with Crippen LogP contribution in [0, 0.1) is 23.2 Å². The summed E-state index contributed by atoms with van der Waals surface area (Å²) in [5, 5.41) is 11.7. The van der Waals surface area contributed by atoms with E-state index in [-0.39, 0.29) is 30.2 Å². The van der Waals surface area contributed by atoms with Gasteiger partial charge in [0.25, 0.3) is 0 Å². The van der Waals surface area contributed by atoms with Crippen molar-refractivity contribution in [2.75, 3.05) is 13.1 Å². The molecule has 5 nitrogen and oxygen atoms in total. The van der Waals surface area contributed by atoms with Gasteiger partial charge in [-0.25, -0.2) is 0 Å². The topological polar surface area (TPSA) is 73.2 Å². The van der Waals surface area contributed by atoms with Crippen LogP contribution < -0.4 is 5.32 Å². The molecule has 2 amide bonds. The Morgan fingerprint density at radius 2 is 2.13 bits per heavy atom. The van der Waals surface area contributed by atoms with Gasteiger partial charge in [-0.05, 0) is 13.0 Å². The molecule has 2 aliphatic rings. The first-order valence-electron chi connectivity index (χ1n) is 5.17. The largest absolute Gasteiger partial charge is 0.301 e. The van der Waals surface area contributed by atoms with Crippen LogP contribution in [0.3, 0.4) is 0 Å². The molecular weight excluding hydrogens is 194 g/mol. The average molecular weight is 207 g/mol. The van der Waals surface area contributed by atoms with Crippen molar-refractivity contribution in [1.29, 1.82) is 5.26 Å². The minimum atomic E-state index is -0.444. The van der Waals surface area contributed by atoms with Gasteiger partial charge in [-0.2, -0.15) is 5.26 Å². The number of amides is 2. The van der Waals surface area contributed by atoms with E-state index in [1.54, 1.807) is 0 Å². The molecule has 1 aliphatic carbocycles. The Kier molecular flexibility index (Phi) is 2.45. The average Bonchev–Trinajstić information content (AvgIpc) is 2.97. The summed E-state index contributed by atoms with van der Waals surface area (Å²) in [7, 11) is 0. The SMILES string of the molecule is CCNC(C#N)CN1C(=O)C2CC2C1=O. The number of likely N-dealkylation sites (tertiary alicyclic amines) is 1. The molecular formula is C10H13N3O2. The van der Waals surface area contributed by atoms with E-state index in [2.05, 4.69) is 5.32 Å². The predicted molar refractivity (Wildman–Crippen MR) is 51.4 cm³/mol. The van der Waals surface area contributed by atoms with E-state index in [1.165, 1.54) is 4.90 Å². The number of carbonyl (C=O) groups is 2. The van der Waals surface area contributed by atoms with Gasteiger partial charge >= 0.3 is 0 Å². The lowest BCUT2D eigenvalue weighted by Gasteiger charge is -2.19. The third-order valence-corrected chi connectivity index (χ3v) is 2.93. The van der Waals surface area contributed by atoms with E-state index >= 15 is 0 Å². The van der Waals surface area contributed by atoms with E-state index in [1.807, 2.05) is 13.0 Å². The van der Waals surface area contributed by atoms with Crippen molar-refractivity contribution < 1.29 is 9.59 Å². The maximum Gasteiger partial charge on any atom is 0.233 e. The molecule has 2 fully saturated rings. The highest BCUT2D eigenvalue weighted by Crippen LogP contribution is 2.46. The molecule has 1 saturated heterocycles. The van der Waals surface area contributed by atoms with E-state index in [0.29, 0.717) is 13.0 Å². The Hall–Kier alpha value is -1.41. The fourth-order valence-corrected chi connectivity index (χ4v) is 2.01. The van der Waals surface area contributed by atoms with Gasteiger partial charge in [0.05, 0.1) is 24.4 Å². The van der Waals surface area contributed by atoms with Crippen molar-refractivity contribution in [1.82, 2.24) is 10.2 Å². The molecule has 80 valence electrons. The smallest absolute Gasteiger partial charge is 0.233 e. The number of nitrogens with one attached hydrogen (secondary N) is 1. The Morgan fingerprint density at radius 1 is 1.53 bits per heavy atom. The number of imide groups is 1. The zero-order valence-corrected chi connectivity index (χ0v) is 8.56. The fraction of sp³-hybridized carbons (Fsp3) is 0.700. The molecule has 2 rings (SSSR count). The van der Waals surface area contributed by atoms with Crippen LogP contribution in [0.25, 0.3) is 0 Å². The zero-order chi connectivity index (χ0) is 11.0. The van der Waals surface area contributed by atoms with Gasteiger partial charge in [-0.15, -0.1) is 0 Å². The third kappa shape index (κ3) is 1.61. The second kappa shape index (κ2) is 3.63. The lowest BCUT2D eigenvalue weighted by molar-refractivity contribution is -0.141. The van der Waals surface area contributed by atoms with Gasteiger partial charge in [0.2, 0.25) is 11.8 Å². The van der Waals surface area contributed by atoms with Crippen LogP contribution in [0.2, 0.25) is 0 Å². The summed E-state index contributed by atoms with van der Waals surface area (Å²) in [5.41, 5.74) is 0. The molecule has 0 radical (unpaired) electrons. The molecule has 15 heavy (non-hydrogen) atoms. The summed E-state index contributed by atoms with van der Waals surface area (Å²) < 4.78 is 0. The molecule has 0 spiro atoms. The Balaban J connectivity index is 1.97. The molecule has 1 aliphatic heterocycles. The quantitative estimate of drug-likeness (QED) is 0.630. The first-order chi connectivity index (χ1) is 7.19. The van der Waals surface area contributed by atoms with Crippen LogP contribution in [0.5, 0.6) is 0 Å². The number of carbonyl (C=O) groups excluding carboxylic acids is 2. The highest BCUT2D eigenvalue weighted by atomic mass is 16.2. The van der Waals surface area contributed by atoms with E-state index in [9.17, 15) is 9.59 Å². The van der Waals surface area contributed by atoms with Crippen LogP contribution >= 0.6 is 0 Å². The monoisotopic (exact) mass is 207 g/mol. The van der Waals surface area contributed by atoms with Crippen molar-refractivity contribution in [3.63, 3.8) is 0 Å². The fourth-order valence-electron chi connectivity index (χ4n) is 2.01. The normalized spacial score (nSPS) is 30.0. The summed E-state index contributed by atoms with van der Waals surface area (Å²) in [6.45, 7) is 2.73. The number of hydrogen-bond acceptors (Lipinski definition) is 4. The number of likely N-dealkylation sites (N-methyl/N-ethyl adjacent to an activating group) is 1. The minimum absolute atomic E-state index is 0.0709. The molecule has 3 atom stereocenters. The van der Waals surface area contributed by atoms with Crippen LogP contribution in [0.1, 0.15) is 13.3 Å². The van der Waals surface area contributed by atoms with Crippen LogP contribution in [0.15, 0.2) is 0 Å². The second-order valence-electron chi connectivity index (χ2n) is 3.98. The number of nitrogens with zero attached hydrogens (tertiary/aromatic N) is 2. The molecule has 3 unspecified atom stereocenters. The second-order valence-corrected chi connectivity index (χ2v) is 3.98. The summed E-state index contributed by atoms with van der Waals surface area (Å²) in [5.74, 6) is -0.330. The highest BCUT2D eigenvalue weighted by molar-refractivity contribution is 6.08. The molecule has 0 aromatic heterocycles. The van der Waals surface area contributed by atoms with Crippen LogP contribution in [-0.2, 0) is 9.59 Å². The number of piperidine rings is 1.